The minimum Gasteiger partial charge on any atom is -0.372 e. The zero-order valence-electron chi connectivity index (χ0n) is 20.4. The lowest BCUT2D eigenvalue weighted by Crippen LogP contribution is -2.43. The lowest BCUT2D eigenvalue weighted by molar-refractivity contribution is -0.130. The standard InChI is InChI=1S/C24H38N6O2.HI/c1-5-24(2)21(31)30(23(32)27-24)17-9-14-26-22(25-3)28(4)18-19-10-12-20(13-11-19)29-15-7-6-8-16-29;/h10-13H,5-9,14-18H2,1-4H3,(H,25,26)(H,27,32);1H. The Kier molecular flexibility index (Phi) is 10.2. The van der Waals surface area contributed by atoms with E-state index in [9.17, 15) is 9.59 Å². The zero-order chi connectivity index (χ0) is 23.1. The number of guanidine groups is 1. The van der Waals surface area contributed by atoms with E-state index >= 15 is 0 Å². The molecule has 1 atom stereocenters. The SMILES string of the molecule is CCC1(C)NC(=O)N(CCCNC(=NC)N(C)Cc2ccc(N3CCCCC3)cc2)C1=O.I. The van der Waals surface area contributed by atoms with Crippen LogP contribution in [0.3, 0.4) is 0 Å². The van der Waals surface area contributed by atoms with Crippen LogP contribution in [0.15, 0.2) is 29.3 Å². The van der Waals surface area contributed by atoms with Gasteiger partial charge in [0.15, 0.2) is 5.96 Å². The van der Waals surface area contributed by atoms with Crippen molar-refractivity contribution in [2.24, 2.45) is 4.99 Å². The van der Waals surface area contributed by atoms with Gasteiger partial charge in [-0.05, 0) is 56.7 Å². The number of imide groups is 1. The maximum Gasteiger partial charge on any atom is 0.325 e. The van der Waals surface area contributed by atoms with Gasteiger partial charge in [-0.25, -0.2) is 4.79 Å². The van der Waals surface area contributed by atoms with E-state index in [4.69, 9.17) is 0 Å². The first-order valence-corrected chi connectivity index (χ1v) is 11.8. The van der Waals surface area contributed by atoms with Crippen molar-refractivity contribution in [1.82, 2.24) is 20.4 Å². The highest BCUT2D eigenvalue weighted by molar-refractivity contribution is 14.0. The molecule has 2 fully saturated rings. The van der Waals surface area contributed by atoms with Crippen LogP contribution in [0.4, 0.5) is 10.5 Å². The van der Waals surface area contributed by atoms with Crippen LogP contribution in [0.5, 0.6) is 0 Å². The summed E-state index contributed by atoms with van der Waals surface area (Å²) in [4.78, 5) is 34.8. The Labute approximate surface area is 215 Å². The molecule has 0 spiro atoms. The normalized spacial score (nSPS) is 21.0. The molecule has 0 saturated carbocycles. The Morgan fingerprint density at radius 3 is 2.42 bits per heavy atom. The van der Waals surface area contributed by atoms with Gasteiger partial charge in [0, 0.05) is 52.5 Å². The minimum absolute atomic E-state index is 0. The molecular weight excluding hydrogens is 531 g/mol. The molecule has 8 nitrogen and oxygen atoms in total. The van der Waals surface area contributed by atoms with Crippen molar-refractivity contribution in [3.8, 4) is 0 Å². The molecule has 0 radical (unpaired) electrons. The Morgan fingerprint density at radius 2 is 1.85 bits per heavy atom. The molecule has 1 unspecified atom stereocenters. The Bertz CT molecular complexity index is 825. The number of amides is 3. The highest BCUT2D eigenvalue weighted by Gasteiger charge is 2.45. The molecule has 2 saturated heterocycles. The van der Waals surface area contributed by atoms with E-state index in [2.05, 4.69) is 49.7 Å². The minimum atomic E-state index is -0.773. The highest BCUT2D eigenvalue weighted by Crippen LogP contribution is 2.21. The van der Waals surface area contributed by atoms with Gasteiger partial charge in [0.25, 0.3) is 5.91 Å². The molecule has 2 aliphatic heterocycles. The summed E-state index contributed by atoms with van der Waals surface area (Å²) in [5.74, 6) is 0.653. The molecule has 3 rings (SSSR count). The molecule has 1 aromatic carbocycles. The second kappa shape index (κ2) is 12.4. The van der Waals surface area contributed by atoms with E-state index in [-0.39, 0.29) is 35.9 Å². The van der Waals surface area contributed by atoms with E-state index in [0.717, 1.165) is 25.6 Å². The largest absolute Gasteiger partial charge is 0.372 e. The first kappa shape index (κ1) is 27.2. The van der Waals surface area contributed by atoms with Crippen LogP contribution < -0.4 is 15.5 Å². The molecule has 184 valence electrons. The van der Waals surface area contributed by atoms with Crippen LogP contribution in [-0.2, 0) is 11.3 Å². The van der Waals surface area contributed by atoms with Gasteiger partial charge in [-0.3, -0.25) is 14.7 Å². The van der Waals surface area contributed by atoms with Gasteiger partial charge < -0.3 is 20.4 Å². The molecular formula is C24H39IN6O2. The van der Waals surface area contributed by atoms with Gasteiger partial charge >= 0.3 is 6.03 Å². The molecule has 2 N–H and O–H groups in total. The van der Waals surface area contributed by atoms with Crippen molar-refractivity contribution in [3.05, 3.63) is 29.8 Å². The Hall–Kier alpha value is -2.04. The van der Waals surface area contributed by atoms with Crippen LogP contribution in [-0.4, -0.2) is 73.5 Å². The topological polar surface area (TPSA) is 80.3 Å². The first-order chi connectivity index (χ1) is 15.4. The fourth-order valence-electron chi connectivity index (χ4n) is 4.32. The van der Waals surface area contributed by atoms with Gasteiger partial charge in [-0.2, -0.15) is 0 Å². The fourth-order valence-corrected chi connectivity index (χ4v) is 4.32. The first-order valence-electron chi connectivity index (χ1n) is 11.8. The van der Waals surface area contributed by atoms with Crippen molar-refractivity contribution < 1.29 is 9.59 Å². The van der Waals surface area contributed by atoms with Crippen LogP contribution in [0.25, 0.3) is 0 Å². The fraction of sp³-hybridized carbons (Fsp3) is 0.625. The highest BCUT2D eigenvalue weighted by atomic mass is 127. The Morgan fingerprint density at radius 1 is 1.18 bits per heavy atom. The number of nitrogens with zero attached hydrogens (tertiary/aromatic N) is 4. The molecule has 33 heavy (non-hydrogen) atoms. The summed E-state index contributed by atoms with van der Waals surface area (Å²) in [5.41, 5.74) is 1.76. The summed E-state index contributed by atoms with van der Waals surface area (Å²) in [7, 11) is 3.78. The number of aliphatic imine (C=N–C) groups is 1. The number of halogens is 1. The van der Waals surface area contributed by atoms with Crippen LogP contribution >= 0.6 is 24.0 Å². The van der Waals surface area contributed by atoms with E-state index in [0.29, 0.717) is 25.9 Å². The number of benzene rings is 1. The third-order valence-corrected chi connectivity index (χ3v) is 6.54. The maximum atomic E-state index is 12.5. The number of carbonyl (C=O) groups is 2. The second-order valence-electron chi connectivity index (χ2n) is 8.97. The molecule has 0 aliphatic carbocycles. The molecule has 9 heteroatoms. The van der Waals surface area contributed by atoms with E-state index < -0.39 is 5.54 Å². The number of urea groups is 1. The maximum absolute atomic E-state index is 12.5. The van der Waals surface area contributed by atoms with Crippen molar-refractivity contribution in [2.75, 3.05) is 45.2 Å². The number of anilines is 1. The third kappa shape index (κ3) is 6.74. The van der Waals surface area contributed by atoms with Crippen LogP contribution in [0.1, 0.15) is 51.5 Å². The van der Waals surface area contributed by atoms with E-state index in [1.54, 1.807) is 14.0 Å². The van der Waals surface area contributed by atoms with Gasteiger partial charge in [0.05, 0.1) is 0 Å². The Balaban J connectivity index is 0.00000385. The van der Waals surface area contributed by atoms with Gasteiger partial charge in [-0.1, -0.05) is 19.1 Å². The van der Waals surface area contributed by atoms with Crippen molar-refractivity contribution >= 4 is 47.6 Å². The number of hydrogen-bond acceptors (Lipinski definition) is 4. The van der Waals surface area contributed by atoms with Crippen molar-refractivity contribution in [2.45, 2.75) is 58.0 Å². The zero-order valence-corrected chi connectivity index (χ0v) is 22.7. The number of rotatable bonds is 8. The number of piperidine rings is 1. The molecule has 2 aliphatic rings. The summed E-state index contributed by atoms with van der Waals surface area (Å²) in [6.07, 6.45) is 5.15. The molecule has 3 amide bonds. The summed E-state index contributed by atoms with van der Waals surface area (Å²) < 4.78 is 0. The predicted octanol–water partition coefficient (Wildman–Crippen LogP) is 3.41. The average molecular weight is 571 g/mol. The molecule has 2 heterocycles. The predicted molar refractivity (Wildman–Crippen MR) is 144 cm³/mol. The second-order valence-corrected chi connectivity index (χ2v) is 8.97. The van der Waals surface area contributed by atoms with Crippen LogP contribution in [0.2, 0.25) is 0 Å². The van der Waals surface area contributed by atoms with Crippen molar-refractivity contribution in [1.29, 1.82) is 0 Å². The van der Waals surface area contributed by atoms with Gasteiger partial charge in [0.2, 0.25) is 0 Å². The summed E-state index contributed by atoms with van der Waals surface area (Å²) >= 11 is 0. The lowest BCUT2D eigenvalue weighted by atomic mass is 9.99. The van der Waals surface area contributed by atoms with E-state index in [1.807, 2.05) is 14.0 Å². The average Bonchev–Trinajstić information content (AvgIpc) is 3.03. The number of nitrogens with one attached hydrogen (secondary N) is 2. The van der Waals surface area contributed by atoms with Gasteiger partial charge in [-0.15, -0.1) is 24.0 Å². The number of hydrogen-bond donors (Lipinski definition) is 2. The number of carbonyl (C=O) groups excluding carboxylic acids is 2. The molecule has 0 aromatic heterocycles. The van der Waals surface area contributed by atoms with Crippen molar-refractivity contribution in [3.63, 3.8) is 0 Å². The molecule has 1 aromatic rings. The summed E-state index contributed by atoms with van der Waals surface area (Å²) in [5, 5.41) is 6.13. The third-order valence-electron chi connectivity index (χ3n) is 6.54. The van der Waals surface area contributed by atoms with Gasteiger partial charge in [0.1, 0.15) is 5.54 Å². The summed E-state index contributed by atoms with van der Waals surface area (Å²) in [6, 6.07) is 8.51. The lowest BCUT2D eigenvalue weighted by Gasteiger charge is -2.29. The van der Waals surface area contributed by atoms with E-state index in [1.165, 1.54) is 35.4 Å². The quantitative estimate of drug-likeness (QED) is 0.165. The monoisotopic (exact) mass is 570 g/mol. The summed E-state index contributed by atoms with van der Waals surface area (Å²) in [6.45, 7) is 7.76. The smallest absolute Gasteiger partial charge is 0.325 e. The molecule has 0 bridgehead atoms. The van der Waals surface area contributed by atoms with Crippen LogP contribution in [0, 0.1) is 0 Å².